The highest BCUT2D eigenvalue weighted by atomic mass is 35.5. The summed E-state index contributed by atoms with van der Waals surface area (Å²) in [5, 5.41) is 10.0. The predicted octanol–water partition coefficient (Wildman–Crippen LogP) is 7.09. The maximum Gasteiger partial charge on any atom is 0.305 e. The van der Waals surface area contributed by atoms with Gasteiger partial charge in [-0.1, -0.05) is 90.5 Å². The average molecular weight is 569 g/mol. The minimum Gasteiger partial charge on any atom is -0.481 e. The zero-order valence-electron chi connectivity index (χ0n) is 23.2. The first-order chi connectivity index (χ1) is 19.8. The van der Waals surface area contributed by atoms with Crippen LogP contribution in [-0.4, -0.2) is 40.9 Å². The van der Waals surface area contributed by atoms with Crippen LogP contribution in [0.3, 0.4) is 0 Å². The normalized spacial score (nSPS) is 10.8. The molecular weight excluding hydrogens is 536 g/mol. The van der Waals surface area contributed by atoms with Gasteiger partial charge in [0.2, 0.25) is 5.91 Å². The van der Waals surface area contributed by atoms with E-state index in [4.69, 9.17) is 11.6 Å². The van der Waals surface area contributed by atoms with E-state index in [1.165, 1.54) is 0 Å². The fourth-order valence-electron chi connectivity index (χ4n) is 5.08. The number of benzene rings is 4. The van der Waals surface area contributed by atoms with Crippen molar-refractivity contribution < 1.29 is 19.5 Å². The van der Waals surface area contributed by atoms with Crippen molar-refractivity contribution in [3.8, 4) is 0 Å². The van der Waals surface area contributed by atoms with E-state index in [2.05, 4.69) is 0 Å². The quantitative estimate of drug-likeness (QED) is 0.209. The molecule has 0 saturated heterocycles. The number of hydrogen-bond donors (Lipinski definition) is 1. The third-order valence-electron chi connectivity index (χ3n) is 7.02. The van der Waals surface area contributed by atoms with Crippen molar-refractivity contribution in [2.45, 2.75) is 32.7 Å². The first-order valence-electron chi connectivity index (χ1n) is 13.5. The topological polar surface area (TPSA) is 77.9 Å². The van der Waals surface area contributed by atoms with E-state index < -0.39 is 12.0 Å². The van der Waals surface area contributed by atoms with Crippen LogP contribution in [0.25, 0.3) is 0 Å². The van der Waals surface area contributed by atoms with Crippen LogP contribution in [0, 0.1) is 13.8 Å². The molecule has 41 heavy (non-hydrogen) atoms. The van der Waals surface area contributed by atoms with Crippen molar-refractivity contribution in [2.24, 2.45) is 0 Å². The highest BCUT2D eigenvalue weighted by molar-refractivity contribution is 6.30. The number of rotatable bonds is 11. The minimum absolute atomic E-state index is 0.00287. The molecule has 0 atom stereocenters. The number of para-hydroxylation sites is 1. The summed E-state index contributed by atoms with van der Waals surface area (Å²) in [5.41, 5.74) is 4.78. The van der Waals surface area contributed by atoms with Crippen LogP contribution in [0.2, 0.25) is 5.02 Å². The minimum atomic E-state index is -0.988. The van der Waals surface area contributed by atoms with Gasteiger partial charge in [-0.05, 0) is 60.4 Å². The number of carbonyl (C=O) groups excluding carboxylic acids is 2. The van der Waals surface area contributed by atoms with Crippen LogP contribution < -0.4 is 4.90 Å². The third-order valence-corrected chi connectivity index (χ3v) is 7.28. The fourth-order valence-corrected chi connectivity index (χ4v) is 5.21. The molecule has 0 aliphatic heterocycles. The Bertz CT molecular complexity index is 1430. The molecule has 7 heteroatoms. The Morgan fingerprint density at radius 2 is 1.24 bits per heavy atom. The van der Waals surface area contributed by atoms with Gasteiger partial charge in [-0.15, -0.1) is 0 Å². The molecule has 0 heterocycles. The van der Waals surface area contributed by atoms with Gasteiger partial charge in [0.1, 0.15) is 0 Å². The molecule has 0 aliphatic rings. The summed E-state index contributed by atoms with van der Waals surface area (Å²) in [4.78, 5) is 42.7. The van der Waals surface area contributed by atoms with E-state index in [-0.39, 0.29) is 37.7 Å². The molecule has 210 valence electrons. The second-order valence-corrected chi connectivity index (χ2v) is 10.3. The number of aliphatic carboxylic acids is 1. The van der Waals surface area contributed by atoms with Gasteiger partial charge in [-0.3, -0.25) is 14.4 Å². The van der Waals surface area contributed by atoms with Crippen LogP contribution in [-0.2, 0) is 9.59 Å². The van der Waals surface area contributed by atoms with Crippen LogP contribution in [0.5, 0.6) is 0 Å². The van der Waals surface area contributed by atoms with Gasteiger partial charge in [0.25, 0.3) is 5.91 Å². The largest absolute Gasteiger partial charge is 0.481 e. The lowest BCUT2D eigenvalue weighted by molar-refractivity contribution is -0.139. The number of carbonyl (C=O) groups is 3. The molecule has 0 spiro atoms. The maximum atomic E-state index is 14.0. The summed E-state index contributed by atoms with van der Waals surface area (Å²) in [7, 11) is 0. The molecule has 4 aromatic rings. The van der Waals surface area contributed by atoms with Crippen molar-refractivity contribution in [2.75, 3.05) is 18.0 Å². The Morgan fingerprint density at radius 1 is 0.707 bits per heavy atom. The van der Waals surface area contributed by atoms with Crippen LogP contribution in [0.4, 0.5) is 5.69 Å². The van der Waals surface area contributed by atoms with Gasteiger partial charge in [-0.25, -0.2) is 0 Å². The lowest BCUT2D eigenvalue weighted by Gasteiger charge is -2.34. The highest BCUT2D eigenvalue weighted by Gasteiger charge is 2.29. The number of carboxylic acid groups (broad SMARTS) is 1. The molecule has 0 saturated carbocycles. The van der Waals surface area contributed by atoms with E-state index >= 15 is 0 Å². The highest BCUT2D eigenvalue weighted by Crippen LogP contribution is 2.31. The van der Waals surface area contributed by atoms with Crippen molar-refractivity contribution in [3.63, 3.8) is 0 Å². The molecular formula is C34H33ClN2O4. The van der Waals surface area contributed by atoms with E-state index in [1.54, 1.807) is 34.1 Å². The van der Waals surface area contributed by atoms with Crippen molar-refractivity contribution in [3.05, 3.63) is 136 Å². The van der Waals surface area contributed by atoms with Crippen LogP contribution in [0.1, 0.15) is 51.5 Å². The van der Waals surface area contributed by atoms with Crippen LogP contribution >= 0.6 is 11.6 Å². The number of nitrogens with zero attached hydrogens (tertiary/aromatic N) is 2. The molecule has 0 fully saturated rings. The maximum absolute atomic E-state index is 14.0. The van der Waals surface area contributed by atoms with E-state index in [1.807, 2.05) is 92.7 Å². The van der Waals surface area contributed by atoms with Gasteiger partial charge in [0.15, 0.2) is 0 Å². The Balaban J connectivity index is 1.70. The molecule has 4 aromatic carbocycles. The zero-order chi connectivity index (χ0) is 29.4. The first kappa shape index (κ1) is 29.6. The average Bonchev–Trinajstić information content (AvgIpc) is 2.97. The van der Waals surface area contributed by atoms with Gasteiger partial charge in [0.05, 0.1) is 12.5 Å². The van der Waals surface area contributed by atoms with Gasteiger partial charge in [0, 0.05) is 35.8 Å². The number of amides is 2. The van der Waals surface area contributed by atoms with Gasteiger partial charge in [-0.2, -0.15) is 0 Å². The Hall–Kier alpha value is -4.42. The third kappa shape index (κ3) is 7.41. The second kappa shape index (κ2) is 13.8. The Morgan fingerprint density at radius 3 is 1.76 bits per heavy atom. The number of aryl methyl sites for hydroxylation is 2. The smallest absolute Gasteiger partial charge is 0.305 e. The number of hydrogen-bond acceptors (Lipinski definition) is 3. The van der Waals surface area contributed by atoms with E-state index in [9.17, 15) is 19.5 Å². The number of anilines is 1. The lowest BCUT2D eigenvalue weighted by Crippen LogP contribution is -2.40. The first-order valence-corrected chi connectivity index (χ1v) is 13.9. The molecule has 0 bridgehead atoms. The molecule has 0 aromatic heterocycles. The molecule has 4 rings (SSSR count). The summed E-state index contributed by atoms with van der Waals surface area (Å²) in [6, 6.07) is 31.2. The standard InChI is InChI=1S/C34H33ClN2O4/c1-24-10-9-11-25(2)32(24)37(34(41)28-16-18-29(35)19-17-28)22-20-30(38)36(23-21-31(39)40)33(26-12-5-3-6-13-26)27-14-7-4-8-15-27/h3-19,33H,20-23H2,1-2H3,(H,39,40). The SMILES string of the molecule is Cc1cccc(C)c1N(CCC(=O)N(CCC(=O)O)C(c1ccccc1)c1ccccc1)C(=O)c1ccc(Cl)cc1. The van der Waals surface area contributed by atoms with Crippen molar-refractivity contribution in [1.29, 1.82) is 0 Å². The Labute approximate surface area is 245 Å². The van der Waals surface area contributed by atoms with Crippen molar-refractivity contribution >= 4 is 35.1 Å². The summed E-state index contributed by atoms with van der Waals surface area (Å²) < 4.78 is 0. The second-order valence-electron chi connectivity index (χ2n) is 9.91. The van der Waals surface area contributed by atoms with E-state index in [0.717, 1.165) is 27.9 Å². The molecule has 2 amide bonds. The van der Waals surface area contributed by atoms with Crippen LogP contribution in [0.15, 0.2) is 103 Å². The Kier molecular flexibility index (Phi) is 9.93. The summed E-state index contributed by atoms with van der Waals surface area (Å²) in [6.07, 6.45) is -0.199. The summed E-state index contributed by atoms with van der Waals surface area (Å²) in [5.74, 6) is -1.48. The predicted molar refractivity (Wildman–Crippen MR) is 162 cm³/mol. The molecule has 0 radical (unpaired) electrons. The molecule has 1 N–H and O–H groups in total. The number of carboxylic acids is 1. The fraction of sp³-hybridized carbons (Fsp3) is 0.206. The van der Waals surface area contributed by atoms with Gasteiger partial charge < -0.3 is 14.9 Å². The molecule has 0 unspecified atom stereocenters. The lowest BCUT2D eigenvalue weighted by atomic mass is 9.96. The summed E-state index contributed by atoms with van der Waals surface area (Å²) in [6.45, 7) is 4.02. The number of halogens is 1. The molecule has 6 nitrogen and oxygen atoms in total. The van der Waals surface area contributed by atoms with Crippen molar-refractivity contribution in [1.82, 2.24) is 4.90 Å². The van der Waals surface area contributed by atoms with Gasteiger partial charge >= 0.3 is 5.97 Å². The monoisotopic (exact) mass is 568 g/mol. The zero-order valence-corrected chi connectivity index (χ0v) is 23.9. The molecule has 0 aliphatic carbocycles. The van der Waals surface area contributed by atoms with E-state index in [0.29, 0.717) is 10.6 Å². The summed E-state index contributed by atoms with van der Waals surface area (Å²) >= 11 is 6.07.